The van der Waals surface area contributed by atoms with Gasteiger partial charge >= 0.3 is 0 Å². The first-order valence-corrected chi connectivity index (χ1v) is 7.85. The molecular weight excluding hydrogens is 288 g/mol. The zero-order valence-electron chi connectivity index (χ0n) is 10.8. The van der Waals surface area contributed by atoms with Gasteiger partial charge in [-0.2, -0.15) is 5.26 Å². The molecule has 20 heavy (non-hydrogen) atoms. The fourth-order valence-electron chi connectivity index (χ4n) is 2.50. The zero-order chi connectivity index (χ0) is 13.9. The van der Waals surface area contributed by atoms with Gasteiger partial charge in [-0.05, 0) is 30.2 Å². The van der Waals surface area contributed by atoms with E-state index in [-0.39, 0.29) is 5.92 Å². The Balaban J connectivity index is 1.94. The number of nitriles is 1. The van der Waals surface area contributed by atoms with Crippen molar-refractivity contribution < 1.29 is 0 Å². The normalized spacial score (nSPS) is 21.2. The number of para-hydroxylation sites is 1. The molecule has 1 heterocycles. The van der Waals surface area contributed by atoms with Crippen molar-refractivity contribution in [3.63, 3.8) is 0 Å². The van der Waals surface area contributed by atoms with Crippen LogP contribution < -0.4 is 0 Å². The molecule has 1 aliphatic heterocycles. The highest BCUT2D eigenvalue weighted by molar-refractivity contribution is 8.00. The Morgan fingerprint density at radius 2 is 2.20 bits per heavy atom. The Morgan fingerprint density at radius 3 is 3.05 bits per heavy atom. The minimum atomic E-state index is 0.174. The van der Waals surface area contributed by atoms with Crippen LogP contribution in [0.3, 0.4) is 0 Å². The van der Waals surface area contributed by atoms with Crippen LogP contribution in [-0.2, 0) is 0 Å². The third-order valence-corrected chi connectivity index (χ3v) is 4.89. The molecule has 1 atom stereocenters. The number of benzene rings is 1. The van der Waals surface area contributed by atoms with Gasteiger partial charge in [-0.1, -0.05) is 29.8 Å². The Hall–Kier alpha value is -1.50. The molecule has 0 fully saturated rings. The highest BCUT2D eigenvalue weighted by Crippen LogP contribution is 2.39. The van der Waals surface area contributed by atoms with Gasteiger partial charge in [-0.25, -0.2) is 0 Å². The molecule has 0 N–H and O–H groups in total. The summed E-state index contributed by atoms with van der Waals surface area (Å²) in [5.74, 6) is 1.04. The molecular formula is C16H13ClN2S. The van der Waals surface area contributed by atoms with E-state index in [1.165, 1.54) is 4.90 Å². The average Bonchev–Trinajstić information content (AvgIpc) is 2.49. The maximum atomic E-state index is 8.97. The first kappa shape index (κ1) is 13.5. The van der Waals surface area contributed by atoms with Crippen LogP contribution in [0.2, 0.25) is 0 Å². The Labute approximate surface area is 127 Å². The van der Waals surface area contributed by atoms with Crippen molar-refractivity contribution in [2.75, 3.05) is 5.75 Å². The number of halogens is 1. The summed E-state index contributed by atoms with van der Waals surface area (Å²) in [6.45, 7) is 0. The Bertz CT molecular complexity index is 667. The van der Waals surface area contributed by atoms with E-state index in [2.05, 4.69) is 12.1 Å². The van der Waals surface area contributed by atoms with Gasteiger partial charge in [0.1, 0.15) is 0 Å². The molecule has 0 spiro atoms. The number of nitrogens with zero attached hydrogens (tertiary/aromatic N) is 2. The van der Waals surface area contributed by atoms with Crippen molar-refractivity contribution in [2.24, 2.45) is 10.9 Å². The molecule has 0 radical (unpaired) electrons. The van der Waals surface area contributed by atoms with E-state index < -0.39 is 0 Å². The minimum Gasteiger partial charge on any atom is -0.255 e. The summed E-state index contributed by atoms with van der Waals surface area (Å²) in [4.78, 5) is 6.02. The molecule has 0 saturated heterocycles. The smallest absolute Gasteiger partial charge is 0.0765 e. The van der Waals surface area contributed by atoms with Gasteiger partial charge in [0.2, 0.25) is 0 Å². The van der Waals surface area contributed by atoms with Crippen molar-refractivity contribution in [1.82, 2.24) is 0 Å². The van der Waals surface area contributed by atoms with Crippen molar-refractivity contribution in [3.8, 4) is 6.07 Å². The predicted molar refractivity (Wildman–Crippen MR) is 84.6 cm³/mol. The van der Waals surface area contributed by atoms with Crippen LogP contribution in [0, 0.1) is 17.2 Å². The van der Waals surface area contributed by atoms with Crippen LogP contribution in [0.25, 0.3) is 0 Å². The molecule has 1 aliphatic carbocycles. The number of hydrogen-bond donors (Lipinski definition) is 0. The second-order valence-corrected chi connectivity index (χ2v) is 6.31. The highest BCUT2D eigenvalue weighted by atomic mass is 35.5. The summed E-state index contributed by atoms with van der Waals surface area (Å²) < 4.78 is 0. The second-order valence-electron chi connectivity index (χ2n) is 4.81. The lowest BCUT2D eigenvalue weighted by Crippen LogP contribution is -2.22. The van der Waals surface area contributed by atoms with E-state index in [0.29, 0.717) is 6.42 Å². The lowest BCUT2D eigenvalue weighted by Gasteiger charge is -2.26. The number of fused-ring (bicyclic) bond motifs is 1. The van der Waals surface area contributed by atoms with Gasteiger partial charge in [-0.3, -0.25) is 4.99 Å². The maximum Gasteiger partial charge on any atom is 0.0765 e. The van der Waals surface area contributed by atoms with Crippen LogP contribution in [0.15, 0.2) is 56.9 Å². The molecule has 4 heteroatoms. The first-order chi connectivity index (χ1) is 9.78. The number of thioether (sulfide) groups is 1. The van der Waals surface area contributed by atoms with Gasteiger partial charge in [0.25, 0.3) is 0 Å². The van der Waals surface area contributed by atoms with E-state index in [9.17, 15) is 0 Å². The zero-order valence-corrected chi connectivity index (χ0v) is 12.4. The largest absolute Gasteiger partial charge is 0.255 e. The van der Waals surface area contributed by atoms with E-state index >= 15 is 0 Å². The molecule has 0 amide bonds. The molecule has 1 unspecified atom stereocenters. The van der Waals surface area contributed by atoms with Crippen LogP contribution in [0.4, 0.5) is 5.69 Å². The fourth-order valence-corrected chi connectivity index (χ4v) is 3.72. The van der Waals surface area contributed by atoms with Gasteiger partial charge in [0.15, 0.2) is 0 Å². The van der Waals surface area contributed by atoms with E-state index in [1.54, 1.807) is 0 Å². The average molecular weight is 301 g/mol. The number of rotatable bonds is 2. The van der Waals surface area contributed by atoms with E-state index in [0.717, 1.165) is 34.2 Å². The SMILES string of the molecule is N#CCC1=CC=C(Cl)CC1C1=Nc2ccccc2SC1. The van der Waals surface area contributed by atoms with Gasteiger partial charge in [0.05, 0.1) is 18.2 Å². The first-order valence-electron chi connectivity index (χ1n) is 6.49. The van der Waals surface area contributed by atoms with Gasteiger partial charge < -0.3 is 0 Å². The summed E-state index contributed by atoms with van der Waals surface area (Å²) in [6, 6.07) is 10.4. The standard InChI is InChI=1S/C16H13ClN2S/c17-12-6-5-11(7-8-18)13(9-12)15-10-20-16-4-2-1-3-14(16)19-15/h1-6,13H,7,9-10H2. The Kier molecular flexibility index (Phi) is 3.95. The lowest BCUT2D eigenvalue weighted by atomic mass is 9.86. The van der Waals surface area contributed by atoms with E-state index in [4.69, 9.17) is 21.9 Å². The number of hydrogen-bond acceptors (Lipinski definition) is 3. The fraction of sp³-hybridized carbons (Fsp3) is 0.250. The second kappa shape index (κ2) is 5.87. The van der Waals surface area contributed by atoms with Crippen molar-refractivity contribution in [1.29, 1.82) is 5.26 Å². The third kappa shape index (κ3) is 2.67. The van der Waals surface area contributed by atoms with Crippen LogP contribution in [0.1, 0.15) is 12.8 Å². The molecule has 0 saturated carbocycles. The summed E-state index contributed by atoms with van der Waals surface area (Å²) in [7, 11) is 0. The maximum absolute atomic E-state index is 8.97. The molecule has 2 nitrogen and oxygen atoms in total. The summed E-state index contributed by atoms with van der Waals surface area (Å²) in [5.41, 5.74) is 3.28. The van der Waals surface area contributed by atoms with Crippen molar-refractivity contribution >= 4 is 34.8 Å². The monoisotopic (exact) mass is 300 g/mol. The molecule has 0 aromatic heterocycles. The quantitative estimate of drug-likeness (QED) is 0.783. The van der Waals surface area contributed by atoms with E-state index in [1.807, 2.05) is 42.1 Å². The lowest BCUT2D eigenvalue weighted by molar-refractivity contribution is 0.774. The van der Waals surface area contributed by atoms with Crippen molar-refractivity contribution in [2.45, 2.75) is 17.7 Å². The third-order valence-electron chi connectivity index (χ3n) is 3.52. The number of aliphatic imine (C=N–C) groups is 1. The minimum absolute atomic E-state index is 0.174. The summed E-state index contributed by atoms with van der Waals surface area (Å²) in [6.07, 6.45) is 5.08. The van der Waals surface area contributed by atoms with Crippen LogP contribution in [-0.4, -0.2) is 11.5 Å². The molecule has 100 valence electrons. The predicted octanol–water partition coefficient (Wildman–Crippen LogP) is 4.85. The summed E-state index contributed by atoms with van der Waals surface area (Å²) >= 11 is 7.98. The molecule has 0 bridgehead atoms. The topological polar surface area (TPSA) is 36.1 Å². The summed E-state index contributed by atoms with van der Waals surface area (Å²) in [5, 5.41) is 9.81. The molecule has 3 rings (SSSR count). The molecule has 2 aliphatic rings. The van der Waals surface area contributed by atoms with Crippen molar-refractivity contribution in [3.05, 3.63) is 47.0 Å². The van der Waals surface area contributed by atoms with Crippen LogP contribution >= 0.6 is 23.4 Å². The highest BCUT2D eigenvalue weighted by Gasteiger charge is 2.26. The molecule has 1 aromatic carbocycles. The van der Waals surface area contributed by atoms with Gasteiger partial charge in [-0.15, -0.1) is 11.8 Å². The van der Waals surface area contributed by atoms with Gasteiger partial charge in [0, 0.05) is 27.3 Å². The Morgan fingerprint density at radius 1 is 1.35 bits per heavy atom. The molecule has 1 aromatic rings. The van der Waals surface area contributed by atoms with Crippen LogP contribution in [0.5, 0.6) is 0 Å². The number of allylic oxidation sites excluding steroid dienone is 4.